The van der Waals surface area contributed by atoms with Crippen LogP contribution >= 0.6 is 0 Å². The molecule has 27 heavy (non-hydrogen) atoms. The summed E-state index contributed by atoms with van der Waals surface area (Å²) in [6.07, 6.45) is 4.64. The molecule has 0 aromatic heterocycles. The number of carbonyl (C=O) groups is 1. The van der Waals surface area contributed by atoms with Gasteiger partial charge < -0.3 is 5.11 Å². The van der Waals surface area contributed by atoms with Crippen molar-refractivity contribution >= 4 is 5.97 Å². The fourth-order valence-electron chi connectivity index (χ4n) is 3.09. The lowest BCUT2D eigenvalue weighted by atomic mass is 9.94. The monoisotopic (exact) mass is 401 g/mol. The highest BCUT2D eigenvalue weighted by Gasteiger charge is 2.56. The van der Waals surface area contributed by atoms with Crippen LogP contribution in [-0.4, -0.2) is 23.2 Å². The maximum atomic E-state index is 12.8. The number of unbranched alkanes of at least 4 members (excludes halogenated alkanes) is 10. The lowest BCUT2D eigenvalue weighted by molar-refractivity contribution is -0.284. The van der Waals surface area contributed by atoms with Crippen LogP contribution in [0.4, 0.5) is 22.0 Å². The molecule has 0 aliphatic heterocycles. The zero-order chi connectivity index (χ0) is 20.8. The van der Waals surface area contributed by atoms with Gasteiger partial charge in [0.05, 0.1) is 5.92 Å². The molecule has 0 saturated heterocycles. The standard InChI is InChI=1S/C20H34F5O2/c1-2-3-4-5-6-7-8-9-10-11-12-14-17(18(26)27)15-13-16-19(21,22)20(23,24)25/h17H,1-16H2,(H,26,27). The average Bonchev–Trinajstić information content (AvgIpc) is 2.56. The Balaban J connectivity index is 3.78. The van der Waals surface area contributed by atoms with Gasteiger partial charge in [0.15, 0.2) is 0 Å². The number of carboxylic acids is 1. The Morgan fingerprint density at radius 1 is 0.741 bits per heavy atom. The minimum Gasteiger partial charge on any atom is -0.481 e. The summed E-state index contributed by atoms with van der Waals surface area (Å²) in [4.78, 5) is 11.2. The van der Waals surface area contributed by atoms with Crippen LogP contribution in [-0.2, 0) is 4.79 Å². The van der Waals surface area contributed by atoms with Crippen LogP contribution in [0.1, 0.15) is 96.3 Å². The molecule has 1 unspecified atom stereocenters. The summed E-state index contributed by atoms with van der Waals surface area (Å²) >= 11 is 0. The molecular weight excluding hydrogens is 367 g/mol. The van der Waals surface area contributed by atoms with Crippen molar-refractivity contribution < 1.29 is 31.9 Å². The smallest absolute Gasteiger partial charge is 0.453 e. The fourth-order valence-corrected chi connectivity index (χ4v) is 3.09. The molecule has 0 aliphatic carbocycles. The summed E-state index contributed by atoms with van der Waals surface area (Å²) in [5.41, 5.74) is 0. The number of hydrogen-bond donors (Lipinski definition) is 1. The molecule has 0 spiro atoms. The highest BCUT2D eigenvalue weighted by molar-refractivity contribution is 5.69. The molecular formula is C20H34F5O2. The predicted octanol–water partition coefficient (Wildman–Crippen LogP) is 7.57. The molecule has 1 radical (unpaired) electrons. The number of rotatable bonds is 17. The SMILES string of the molecule is [CH2]CCCCCCCCCCCCC(CCCC(F)(F)C(F)(F)F)C(=O)O. The molecule has 1 N–H and O–H groups in total. The topological polar surface area (TPSA) is 37.3 Å². The Morgan fingerprint density at radius 2 is 1.15 bits per heavy atom. The third-order valence-corrected chi connectivity index (χ3v) is 4.86. The van der Waals surface area contributed by atoms with Gasteiger partial charge in [-0.05, 0) is 19.3 Å². The zero-order valence-electron chi connectivity index (χ0n) is 16.1. The van der Waals surface area contributed by atoms with E-state index < -0.39 is 36.8 Å². The van der Waals surface area contributed by atoms with E-state index in [0.29, 0.717) is 12.8 Å². The molecule has 0 bridgehead atoms. The molecule has 0 aromatic rings. The maximum Gasteiger partial charge on any atom is 0.453 e. The summed E-state index contributed by atoms with van der Waals surface area (Å²) in [7, 11) is 0. The normalized spacial score (nSPS) is 13.7. The lowest BCUT2D eigenvalue weighted by Crippen LogP contribution is -2.36. The van der Waals surface area contributed by atoms with Crippen LogP contribution in [0.15, 0.2) is 0 Å². The van der Waals surface area contributed by atoms with Crippen molar-refractivity contribution in [2.45, 2.75) is 108 Å². The van der Waals surface area contributed by atoms with E-state index >= 15 is 0 Å². The van der Waals surface area contributed by atoms with Crippen LogP contribution < -0.4 is 0 Å². The Labute approximate surface area is 159 Å². The maximum absolute atomic E-state index is 12.8. The van der Waals surface area contributed by atoms with Gasteiger partial charge in [0, 0.05) is 6.42 Å². The molecule has 161 valence electrons. The molecule has 0 amide bonds. The molecule has 1 atom stereocenters. The largest absolute Gasteiger partial charge is 0.481 e. The van der Waals surface area contributed by atoms with Crippen LogP contribution in [0.3, 0.4) is 0 Å². The summed E-state index contributed by atoms with van der Waals surface area (Å²) < 4.78 is 62.0. The first-order valence-electron chi connectivity index (χ1n) is 10.1. The number of alkyl halides is 5. The van der Waals surface area contributed by atoms with Crippen LogP contribution in [0.5, 0.6) is 0 Å². The van der Waals surface area contributed by atoms with Gasteiger partial charge in [-0.3, -0.25) is 4.79 Å². The Bertz CT molecular complexity index is 383. The van der Waals surface area contributed by atoms with E-state index in [2.05, 4.69) is 6.92 Å². The second-order valence-corrected chi connectivity index (χ2v) is 7.31. The predicted molar refractivity (Wildman–Crippen MR) is 96.7 cm³/mol. The second-order valence-electron chi connectivity index (χ2n) is 7.31. The number of hydrogen-bond acceptors (Lipinski definition) is 1. The molecule has 0 heterocycles. The van der Waals surface area contributed by atoms with Crippen molar-refractivity contribution in [3.63, 3.8) is 0 Å². The van der Waals surface area contributed by atoms with E-state index in [1.165, 1.54) is 32.1 Å². The van der Waals surface area contributed by atoms with Gasteiger partial charge in [-0.2, -0.15) is 22.0 Å². The van der Waals surface area contributed by atoms with Gasteiger partial charge in [0.1, 0.15) is 0 Å². The molecule has 0 rings (SSSR count). The number of halogens is 5. The van der Waals surface area contributed by atoms with E-state index in [1.807, 2.05) is 0 Å². The second kappa shape index (κ2) is 14.2. The van der Waals surface area contributed by atoms with E-state index in [4.69, 9.17) is 5.11 Å². The molecule has 7 heteroatoms. The van der Waals surface area contributed by atoms with Crippen molar-refractivity contribution in [1.29, 1.82) is 0 Å². The fraction of sp³-hybridized carbons (Fsp3) is 0.900. The first-order valence-corrected chi connectivity index (χ1v) is 10.1. The van der Waals surface area contributed by atoms with Gasteiger partial charge >= 0.3 is 18.1 Å². The van der Waals surface area contributed by atoms with Crippen molar-refractivity contribution in [3.05, 3.63) is 6.92 Å². The van der Waals surface area contributed by atoms with Crippen LogP contribution in [0.2, 0.25) is 0 Å². The van der Waals surface area contributed by atoms with Crippen molar-refractivity contribution in [2.75, 3.05) is 0 Å². The molecule has 0 aromatic carbocycles. The molecule has 0 aliphatic rings. The highest BCUT2D eigenvalue weighted by atomic mass is 19.4. The summed E-state index contributed by atoms with van der Waals surface area (Å²) in [5.74, 6) is -6.71. The summed E-state index contributed by atoms with van der Waals surface area (Å²) in [5, 5.41) is 9.11. The van der Waals surface area contributed by atoms with Crippen molar-refractivity contribution in [2.24, 2.45) is 5.92 Å². The minimum atomic E-state index is -5.57. The third-order valence-electron chi connectivity index (χ3n) is 4.86. The van der Waals surface area contributed by atoms with E-state index in [1.54, 1.807) is 0 Å². The number of carboxylic acid groups (broad SMARTS) is 1. The Hall–Kier alpha value is -0.880. The summed E-state index contributed by atoms with van der Waals surface area (Å²) in [6.45, 7) is 3.81. The third kappa shape index (κ3) is 13.0. The van der Waals surface area contributed by atoms with E-state index in [0.717, 1.165) is 32.1 Å². The molecule has 2 nitrogen and oxygen atoms in total. The van der Waals surface area contributed by atoms with E-state index in [9.17, 15) is 26.7 Å². The lowest BCUT2D eigenvalue weighted by Gasteiger charge is -2.20. The molecule has 0 saturated carbocycles. The zero-order valence-corrected chi connectivity index (χ0v) is 16.1. The highest BCUT2D eigenvalue weighted by Crippen LogP contribution is 2.39. The van der Waals surface area contributed by atoms with Gasteiger partial charge in [-0.15, -0.1) is 0 Å². The first-order chi connectivity index (χ1) is 12.6. The Kier molecular flexibility index (Phi) is 13.7. The average molecular weight is 401 g/mol. The summed E-state index contributed by atoms with van der Waals surface area (Å²) in [6, 6.07) is 0. The van der Waals surface area contributed by atoms with E-state index in [-0.39, 0.29) is 6.42 Å². The van der Waals surface area contributed by atoms with Crippen molar-refractivity contribution in [3.8, 4) is 0 Å². The number of aliphatic carboxylic acids is 1. The van der Waals surface area contributed by atoms with Crippen LogP contribution in [0.25, 0.3) is 0 Å². The molecule has 0 fully saturated rings. The van der Waals surface area contributed by atoms with Gasteiger partial charge in [0.25, 0.3) is 0 Å². The van der Waals surface area contributed by atoms with Gasteiger partial charge in [-0.25, -0.2) is 0 Å². The van der Waals surface area contributed by atoms with Crippen LogP contribution in [0, 0.1) is 12.8 Å². The van der Waals surface area contributed by atoms with Gasteiger partial charge in [0.2, 0.25) is 0 Å². The minimum absolute atomic E-state index is 0.145. The van der Waals surface area contributed by atoms with Crippen molar-refractivity contribution in [1.82, 2.24) is 0 Å². The van der Waals surface area contributed by atoms with Gasteiger partial charge in [-0.1, -0.05) is 77.6 Å². The Morgan fingerprint density at radius 3 is 1.56 bits per heavy atom. The first kappa shape index (κ1) is 26.1. The quantitative estimate of drug-likeness (QED) is 0.202.